The molecule has 0 bridgehead atoms. The van der Waals surface area contributed by atoms with Gasteiger partial charge in [-0.15, -0.1) is 0 Å². The van der Waals surface area contributed by atoms with Crippen molar-refractivity contribution in [2.24, 2.45) is 0 Å². The lowest BCUT2D eigenvalue weighted by Gasteiger charge is -2.10. The molecule has 0 aliphatic heterocycles. The fraction of sp³-hybridized carbons (Fsp3) is 0.250. The molecule has 1 amide bonds. The molecule has 1 aromatic heterocycles. The van der Waals surface area contributed by atoms with E-state index in [4.69, 9.17) is 4.42 Å². The Labute approximate surface area is 107 Å². The van der Waals surface area contributed by atoms with Gasteiger partial charge in [0.15, 0.2) is 5.58 Å². The minimum atomic E-state index is -0.863. The molecule has 0 aliphatic carbocycles. The normalized spacial score (nSPS) is 12.1. The van der Waals surface area contributed by atoms with E-state index in [0.29, 0.717) is 11.1 Å². The number of fused-ring (bicyclic) bond motifs is 1. The average molecular weight is 264 g/mol. The van der Waals surface area contributed by atoms with Crippen molar-refractivity contribution < 1.29 is 18.7 Å². The van der Waals surface area contributed by atoms with Crippen molar-refractivity contribution in [3.63, 3.8) is 0 Å². The third-order valence-corrected chi connectivity index (χ3v) is 2.58. The van der Waals surface area contributed by atoms with E-state index < -0.39 is 23.8 Å². The highest BCUT2D eigenvalue weighted by atomic mass is 16.5. The van der Waals surface area contributed by atoms with Crippen LogP contribution < -0.4 is 11.1 Å². The summed E-state index contributed by atoms with van der Waals surface area (Å²) in [6, 6.07) is 4.90. The summed E-state index contributed by atoms with van der Waals surface area (Å²) in [6.07, 6.45) is 0. The molecule has 0 spiro atoms. The van der Waals surface area contributed by atoms with Crippen molar-refractivity contribution in [3.8, 4) is 0 Å². The van der Waals surface area contributed by atoms with Crippen LogP contribution in [0.3, 0.4) is 0 Å². The summed E-state index contributed by atoms with van der Waals surface area (Å²) in [4.78, 5) is 34.8. The Morgan fingerprint density at radius 1 is 1.37 bits per heavy atom. The Morgan fingerprint density at radius 3 is 2.74 bits per heavy atom. The van der Waals surface area contributed by atoms with Gasteiger partial charge in [0.2, 0.25) is 0 Å². The summed E-state index contributed by atoms with van der Waals surface area (Å²) < 4.78 is 10.2. The number of esters is 1. The van der Waals surface area contributed by atoms with Crippen molar-refractivity contribution in [2.45, 2.75) is 13.0 Å². The number of hydrogen-bond donors (Lipinski definition) is 1. The van der Waals surface area contributed by atoms with Crippen LogP contribution in [0.1, 0.15) is 6.92 Å². The zero-order valence-corrected chi connectivity index (χ0v) is 10.4. The predicted molar refractivity (Wildman–Crippen MR) is 65.9 cm³/mol. The third-order valence-electron chi connectivity index (χ3n) is 2.58. The number of methoxy groups -OCH3 is 1. The molecule has 1 N–H and O–H groups in total. The minimum absolute atomic E-state index is 0.299. The quantitative estimate of drug-likeness (QED) is 0.807. The van der Waals surface area contributed by atoms with E-state index in [1.54, 1.807) is 24.3 Å². The summed E-state index contributed by atoms with van der Waals surface area (Å²) in [5, 5.41) is 2.36. The highest BCUT2D eigenvalue weighted by Crippen LogP contribution is 2.11. The maximum Gasteiger partial charge on any atom is 0.428 e. The number of para-hydroxylation sites is 2. The van der Waals surface area contributed by atoms with Gasteiger partial charge < -0.3 is 14.5 Å². The van der Waals surface area contributed by atoms with Crippen molar-refractivity contribution in [3.05, 3.63) is 34.8 Å². The van der Waals surface area contributed by atoms with Crippen LogP contribution in [0.15, 0.2) is 33.5 Å². The number of benzene rings is 1. The number of rotatable bonds is 2. The van der Waals surface area contributed by atoms with Gasteiger partial charge in [0.25, 0.3) is 0 Å². The summed E-state index contributed by atoms with van der Waals surface area (Å²) in [7, 11) is 1.21. The number of aromatic nitrogens is 1. The van der Waals surface area contributed by atoms with Gasteiger partial charge in [0.1, 0.15) is 6.04 Å². The Kier molecular flexibility index (Phi) is 3.37. The van der Waals surface area contributed by atoms with E-state index in [-0.39, 0.29) is 0 Å². The first kappa shape index (κ1) is 12.9. The lowest BCUT2D eigenvalue weighted by Crippen LogP contribution is -2.43. The molecule has 0 aliphatic rings. The smallest absolute Gasteiger partial charge is 0.428 e. The van der Waals surface area contributed by atoms with Crippen molar-refractivity contribution in [1.29, 1.82) is 0 Å². The van der Waals surface area contributed by atoms with Crippen LogP contribution in [0.4, 0.5) is 4.79 Å². The highest BCUT2D eigenvalue weighted by Gasteiger charge is 2.20. The number of ether oxygens (including phenoxy) is 1. The Morgan fingerprint density at radius 2 is 2.05 bits per heavy atom. The molecular formula is C12H12N2O5. The van der Waals surface area contributed by atoms with Crippen LogP contribution in [-0.4, -0.2) is 29.7 Å². The number of hydrogen-bond acceptors (Lipinski definition) is 5. The first-order valence-corrected chi connectivity index (χ1v) is 5.54. The Bertz CT molecular complexity index is 685. The van der Waals surface area contributed by atoms with Crippen LogP contribution in [0.5, 0.6) is 0 Å². The topological polar surface area (TPSA) is 90.5 Å². The van der Waals surface area contributed by atoms with Crippen LogP contribution >= 0.6 is 0 Å². The van der Waals surface area contributed by atoms with Gasteiger partial charge >= 0.3 is 17.8 Å². The second-order valence-corrected chi connectivity index (χ2v) is 3.87. The van der Waals surface area contributed by atoms with Gasteiger partial charge in [-0.1, -0.05) is 12.1 Å². The van der Waals surface area contributed by atoms with E-state index in [0.717, 1.165) is 4.57 Å². The van der Waals surface area contributed by atoms with Gasteiger partial charge in [0.05, 0.1) is 12.6 Å². The molecule has 2 aromatic rings. The maximum absolute atomic E-state index is 12.0. The van der Waals surface area contributed by atoms with E-state index in [1.807, 2.05) is 0 Å². The number of nitrogens with zero attached hydrogens (tertiary/aromatic N) is 1. The molecule has 7 heteroatoms. The van der Waals surface area contributed by atoms with Crippen LogP contribution in [0.2, 0.25) is 0 Å². The molecule has 1 aromatic carbocycles. The second-order valence-electron chi connectivity index (χ2n) is 3.87. The molecule has 19 heavy (non-hydrogen) atoms. The molecule has 7 nitrogen and oxygen atoms in total. The first-order valence-electron chi connectivity index (χ1n) is 5.54. The van der Waals surface area contributed by atoms with Crippen molar-refractivity contribution >= 4 is 23.1 Å². The summed E-state index contributed by atoms with van der Waals surface area (Å²) >= 11 is 0. The number of carbonyl (C=O) groups is 2. The summed E-state index contributed by atoms with van der Waals surface area (Å²) in [6.45, 7) is 1.46. The second kappa shape index (κ2) is 4.97. The van der Waals surface area contributed by atoms with Gasteiger partial charge in [-0.05, 0) is 19.1 Å². The molecule has 0 saturated heterocycles. The summed E-state index contributed by atoms with van der Waals surface area (Å²) in [5.41, 5.74) is 0.635. The number of amides is 1. The molecule has 1 heterocycles. The monoisotopic (exact) mass is 264 g/mol. The van der Waals surface area contributed by atoms with Crippen molar-refractivity contribution in [2.75, 3.05) is 7.11 Å². The molecule has 2 rings (SSSR count). The number of nitrogens with one attached hydrogen (secondary N) is 1. The maximum atomic E-state index is 12.0. The zero-order valence-electron chi connectivity index (χ0n) is 10.4. The van der Waals surface area contributed by atoms with E-state index >= 15 is 0 Å². The standard InChI is InChI=1S/C12H12N2O5/c1-7(10(15)18-2)13-11(16)14-8-5-3-4-6-9(8)19-12(14)17/h3-7H,1-2H3,(H,13,16). The third kappa shape index (κ3) is 2.35. The van der Waals surface area contributed by atoms with Crippen LogP contribution in [0.25, 0.3) is 11.1 Å². The summed E-state index contributed by atoms with van der Waals surface area (Å²) in [5.74, 6) is -1.41. The van der Waals surface area contributed by atoms with Crippen LogP contribution in [-0.2, 0) is 9.53 Å². The minimum Gasteiger partial charge on any atom is -0.467 e. The first-order chi connectivity index (χ1) is 9.04. The van der Waals surface area contributed by atoms with E-state index in [9.17, 15) is 14.4 Å². The predicted octanol–water partition coefficient (Wildman–Crippen LogP) is 0.714. The number of carbonyl (C=O) groups excluding carboxylic acids is 2. The Hall–Kier alpha value is -2.57. The molecule has 1 atom stereocenters. The molecule has 0 fully saturated rings. The average Bonchev–Trinajstić information content (AvgIpc) is 2.73. The lowest BCUT2D eigenvalue weighted by molar-refractivity contribution is -0.142. The fourth-order valence-electron chi connectivity index (χ4n) is 1.64. The van der Waals surface area contributed by atoms with Gasteiger partial charge in [-0.2, -0.15) is 4.57 Å². The molecule has 100 valence electrons. The zero-order chi connectivity index (χ0) is 14.0. The number of oxazole rings is 1. The van der Waals surface area contributed by atoms with Gasteiger partial charge in [-0.25, -0.2) is 14.4 Å². The highest BCUT2D eigenvalue weighted by molar-refractivity contribution is 5.90. The molecule has 0 saturated carbocycles. The Balaban J connectivity index is 2.34. The van der Waals surface area contributed by atoms with E-state index in [1.165, 1.54) is 14.0 Å². The largest absolute Gasteiger partial charge is 0.467 e. The van der Waals surface area contributed by atoms with Gasteiger partial charge in [0, 0.05) is 0 Å². The van der Waals surface area contributed by atoms with Crippen LogP contribution in [0, 0.1) is 0 Å². The fourth-order valence-corrected chi connectivity index (χ4v) is 1.64. The van der Waals surface area contributed by atoms with E-state index in [2.05, 4.69) is 10.1 Å². The van der Waals surface area contributed by atoms with Gasteiger partial charge in [-0.3, -0.25) is 0 Å². The van der Waals surface area contributed by atoms with Crippen molar-refractivity contribution in [1.82, 2.24) is 9.88 Å². The lowest BCUT2D eigenvalue weighted by atomic mass is 10.3. The molecule has 1 unspecified atom stereocenters. The SMILES string of the molecule is COC(=O)C(C)NC(=O)n1c(=O)oc2ccccc21. The molecular weight excluding hydrogens is 252 g/mol. The molecule has 0 radical (unpaired) electrons.